The maximum Gasteiger partial charge on any atom is 0.325 e. The number of amides is 1. The Hall–Kier alpha value is -2.04. The molecule has 0 radical (unpaired) electrons. The van der Waals surface area contributed by atoms with Crippen LogP contribution in [0.2, 0.25) is 0 Å². The molecule has 0 aromatic heterocycles. The number of phenolic OH excluding ortho intramolecular Hbond substituents is 1. The van der Waals surface area contributed by atoms with Crippen LogP contribution in [-0.4, -0.2) is 42.1 Å². The van der Waals surface area contributed by atoms with Crippen molar-refractivity contribution >= 4 is 11.9 Å². The van der Waals surface area contributed by atoms with Crippen molar-refractivity contribution in [1.82, 2.24) is 4.90 Å². The zero-order valence-corrected chi connectivity index (χ0v) is 11.0. The molecular formula is C14H17NO4. The minimum atomic E-state index is -0.637. The second kappa shape index (κ2) is 4.91. The Morgan fingerprint density at radius 1 is 1.42 bits per heavy atom. The summed E-state index contributed by atoms with van der Waals surface area (Å²) in [4.78, 5) is 25.2. The normalized spacial score (nSPS) is 22.6. The molecule has 0 aliphatic carbocycles. The Labute approximate surface area is 111 Å². The van der Waals surface area contributed by atoms with Gasteiger partial charge in [0.1, 0.15) is 12.3 Å². The van der Waals surface area contributed by atoms with Crippen molar-refractivity contribution in [2.75, 3.05) is 20.2 Å². The predicted octanol–water partition coefficient (Wildman–Crippen LogP) is 1.06. The zero-order valence-electron chi connectivity index (χ0n) is 11.0. The van der Waals surface area contributed by atoms with E-state index in [1.165, 1.54) is 12.0 Å². The third kappa shape index (κ3) is 2.41. The van der Waals surface area contributed by atoms with Crippen molar-refractivity contribution in [3.05, 3.63) is 29.8 Å². The molecule has 1 fully saturated rings. The maximum atomic E-state index is 12.4. The van der Waals surface area contributed by atoms with Gasteiger partial charge in [-0.3, -0.25) is 9.59 Å². The summed E-state index contributed by atoms with van der Waals surface area (Å²) < 4.78 is 4.58. The topological polar surface area (TPSA) is 66.8 Å². The summed E-state index contributed by atoms with van der Waals surface area (Å²) in [5.74, 6) is -0.323. The van der Waals surface area contributed by atoms with Gasteiger partial charge in [-0.05, 0) is 31.0 Å². The molecule has 0 spiro atoms. The summed E-state index contributed by atoms with van der Waals surface area (Å²) in [6.07, 6.45) is 0.646. The molecule has 1 amide bonds. The van der Waals surface area contributed by atoms with Crippen LogP contribution in [-0.2, 0) is 19.7 Å². The minimum Gasteiger partial charge on any atom is -0.508 e. The van der Waals surface area contributed by atoms with Crippen molar-refractivity contribution in [2.45, 2.75) is 18.8 Å². The van der Waals surface area contributed by atoms with Gasteiger partial charge >= 0.3 is 5.97 Å². The van der Waals surface area contributed by atoms with Crippen molar-refractivity contribution in [1.29, 1.82) is 0 Å². The zero-order chi connectivity index (χ0) is 14.0. The average Bonchev–Trinajstić information content (AvgIpc) is 2.69. The van der Waals surface area contributed by atoms with Crippen LogP contribution < -0.4 is 0 Å². The molecule has 2 rings (SSSR count). The first kappa shape index (κ1) is 13.4. The molecule has 1 aliphatic rings. The molecule has 102 valence electrons. The van der Waals surface area contributed by atoms with E-state index in [1.807, 2.05) is 6.92 Å². The van der Waals surface area contributed by atoms with E-state index in [4.69, 9.17) is 0 Å². The first-order chi connectivity index (χ1) is 8.97. The number of carbonyl (C=O) groups is 2. The highest BCUT2D eigenvalue weighted by atomic mass is 16.5. The van der Waals surface area contributed by atoms with Gasteiger partial charge in [0, 0.05) is 6.54 Å². The van der Waals surface area contributed by atoms with Crippen molar-refractivity contribution in [2.24, 2.45) is 0 Å². The highest BCUT2D eigenvalue weighted by Gasteiger charge is 2.44. The van der Waals surface area contributed by atoms with Crippen molar-refractivity contribution in [3.8, 4) is 5.75 Å². The second-order valence-corrected chi connectivity index (χ2v) is 4.93. The first-order valence-electron chi connectivity index (χ1n) is 6.13. The van der Waals surface area contributed by atoms with E-state index in [0.29, 0.717) is 13.0 Å². The van der Waals surface area contributed by atoms with Crippen molar-refractivity contribution < 1.29 is 19.4 Å². The third-order valence-electron chi connectivity index (χ3n) is 3.69. The molecule has 1 aliphatic heterocycles. The van der Waals surface area contributed by atoms with Gasteiger partial charge in [0.2, 0.25) is 5.91 Å². The second-order valence-electron chi connectivity index (χ2n) is 4.93. The first-order valence-corrected chi connectivity index (χ1v) is 6.13. The van der Waals surface area contributed by atoms with Crippen molar-refractivity contribution in [3.63, 3.8) is 0 Å². The summed E-state index contributed by atoms with van der Waals surface area (Å²) in [6, 6.07) is 6.62. The summed E-state index contributed by atoms with van der Waals surface area (Å²) >= 11 is 0. The maximum absolute atomic E-state index is 12.4. The van der Waals surface area contributed by atoms with Crippen LogP contribution in [0, 0.1) is 0 Å². The molecule has 5 heteroatoms. The van der Waals surface area contributed by atoms with Crippen LogP contribution >= 0.6 is 0 Å². The van der Waals surface area contributed by atoms with E-state index in [1.54, 1.807) is 24.3 Å². The van der Waals surface area contributed by atoms with Gasteiger partial charge in [-0.25, -0.2) is 0 Å². The summed E-state index contributed by atoms with van der Waals surface area (Å²) in [5.41, 5.74) is 0.213. The SMILES string of the molecule is COC(=O)CN1CCC(C)(c2ccc(O)cc2)C1=O. The number of methoxy groups -OCH3 is 1. The van der Waals surface area contributed by atoms with E-state index in [9.17, 15) is 14.7 Å². The lowest BCUT2D eigenvalue weighted by molar-refractivity contribution is -0.146. The van der Waals surface area contributed by atoms with Crippen LogP contribution in [0.4, 0.5) is 0 Å². The third-order valence-corrected chi connectivity index (χ3v) is 3.69. The molecule has 19 heavy (non-hydrogen) atoms. The Morgan fingerprint density at radius 3 is 2.63 bits per heavy atom. The monoisotopic (exact) mass is 263 g/mol. The number of rotatable bonds is 3. The molecule has 1 unspecified atom stereocenters. The largest absolute Gasteiger partial charge is 0.508 e. The summed E-state index contributed by atoms with van der Waals surface area (Å²) in [6.45, 7) is 2.38. The fourth-order valence-electron chi connectivity index (χ4n) is 2.38. The number of nitrogens with zero attached hydrogens (tertiary/aromatic N) is 1. The standard InChI is InChI=1S/C14H17NO4/c1-14(10-3-5-11(16)6-4-10)7-8-15(13(14)18)9-12(17)19-2/h3-6,16H,7-9H2,1-2H3. The Kier molecular flexibility index (Phi) is 3.46. The molecule has 0 bridgehead atoms. The molecule has 1 heterocycles. The smallest absolute Gasteiger partial charge is 0.325 e. The van der Waals surface area contributed by atoms with Crippen LogP contribution in [0.1, 0.15) is 18.9 Å². The van der Waals surface area contributed by atoms with Gasteiger partial charge in [-0.2, -0.15) is 0 Å². The fraction of sp³-hybridized carbons (Fsp3) is 0.429. The minimum absolute atomic E-state index is 0.0109. The highest BCUT2D eigenvalue weighted by Crippen LogP contribution is 2.35. The summed E-state index contributed by atoms with van der Waals surface area (Å²) in [7, 11) is 1.31. The Balaban J connectivity index is 2.19. The molecule has 1 saturated heterocycles. The Morgan fingerprint density at radius 2 is 2.05 bits per heavy atom. The average molecular weight is 263 g/mol. The van der Waals surface area contributed by atoms with Gasteiger partial charge in [0.15, 0.2) is 0 Å². The van der Waals surface area contributed by atoms with Gasteiger partial charge in [0.05, 0.1) is 12.5 Å². The number of ether oxygens (including phenoxy) is 1. The van der Waals surface area contributed by atoms with E-state index >= 15 is 0 Å². The highest BCUT2D eigenvalue weighted by molar-refractivity contribution is 5.92. The van der Waals surface area contributed by atoms with E-state index < -0.39 is 11.4 Å². The Bertz CT molecular complexity index is 497. The van der Waals surface area contributed by atoms with E-state index in [2.05, 4.69) is 4.74 Å². The molecule has 1 aromatic carbocycles. The number of hydrogen-bond donors (Lipinski definition) is 1. The van der Waals surface area contributed by atoms with Crippen LogP contribution in [0.15, 0.2) is 24.3 Å². The summed E-state index contributed by atoms with van der Waals surface area (Å²) in [5, 5.41) is 9.30. The number of likely N-dealkylation sites (tertiary alicyclic amines) is 1. The number of benzene rings is 1. The molecule has 1 aromatic rings. The molecule has 1 atom stereocenters. The lowest BCUT2D eigenvalue weighted by Gasteiger charge is -2.23. The quantitative estimate of drug-likeness (QED) is 0.828. The number of carbonyl (C=O) groups excluding carboxylic acids is 2. The lowest BCUT2D eigenvalue weighted by Crippen LogP contribution is -2.38. The number of esters is 1. The number of hydrogen-bond acceptors (Lipinski definition) is 4. The van der Waals surface area contributed by atoms with E-state index in [0.717, 1.165) is 5.56 Å². The van der Waals surface area contributed by atoms with Gasteiger partial charge < -0.3 is 14.7 Å². The molecule has 5 nitrogen and oxygen atoms in total. The van der Waals surface area contributed by atoms with Crippen LogP contribution in [0.3, 0.4) is 0 Å². The van der Waals surface area contributed by atoms with Crippen LogP contribution in [0.25, 0.3) is 0 Å². The fourth-order valence-corrected chi connectivity index (χ4v) is 2.38. The van der Waals surface area contributed by atoms with E-state index in [-0.39, 0.29) is 18.2 Å². The molecular weight excluding hydrogens is 246 g/mol. The lowest BCUT2D eigenvalue weighted by atomic mass is 9.81. The molecule has 0 saturated carbocycles. The van der Waals surface area contributed by atoms with Gasteiger partial charge in [0.25, 0.3) is 0 Å². The number of phenols is 1. The molecule has 1 N–H and O–H groups in total. The predicted molar refractivity (Wildman–Crippen MR) is 68.7 cm³/mol. The number of aromatic hydroxyl groups is 1. The van der Waals surface area contributed by atoms with Crippen LogP contribution in [0.5, 0.6) is 5.75 Å². The van der Waals surface area contributed by atoms with Gasteiger partial charge in [-0.1, -0.05) is 12.1 Å². The van der Waals surface area contributed by atoms with Gasteiger partial charge in [-0.15, -0.1) is 0 Å².